The molecule has 0 radical (unpaired) electrons. The van der Waals surface area contributed by atoms with Crippen molar-refractivity contribution < 1.29 is 27.5 Å². The Morgan fingerprint density at radius 1 is 1.21 bits per heavy atom. The molecular weight excluding hydrogens is 390 g/mol. The first-order chi connectivity index (χ1) is 13.2. The van der Waals surface area contributed by atoms with Gasteiger partial charge in [0.15, 0.2) is 6.61 Å². The lowest BCUT2D eigenvalue weighted by Crippen LogP contribution is -2.25. The van der Waals surface area contributed by atoms with Gasteiger partial charge in [0.05, 0.1) is 17.7 Å². The highest BCUT2D eigenvalue weighted by Crippen LogP contribution is 2.28. The molecule has 0 unspecified atom stereocenters. The molecule has 0 bridgehead atoms. The summed E-state index contributed by atoms with van der Waals surface area (Å²) in [4.78, 5) is 37.8. The summed E-state index contributed by atoms with van der Waals surface area (Å²) in [5.74, 6) is -1.48. The number of amides is 1. The Bertz CT molecular complexity index is 1040. The van der Waals surface area contributed by atoms with Crippen molar-refractivity contribution in [1.82, 2.24) is 9.29 Å². The third-order valence-corrected chi connectivity index (χ3v) is 5.41. The molecule has 0 aliphatic heterocycles. The molecule has 0 fully saturated rings. The maximum atomic E-state index is 12.2. The maximum Gasteiger partial charge on any atom is 0.344 e. The lowest BCUT2D eigenvalue weighted by molar-refractivity contribution is -0.119. The number of H-pyrrole nitrogens is 1. The number of aromatic nitrogens is 1. The Hall–Kier alpha value is -3.18. The molecule has 150 valence electrons. The number of carbonyl (C=O) groups excluding carboxylic acids is 2. The van der Waals surface area contributed by atoms with Crippen LogP contribution < -0.4 is 15.6 Å². The molecule has 10 nitrogen and oxygen atoms in total. The first kappa shape index (κ1) is 21.1. The van der Waals surface area contributed by atoms with E-state index in [-0.39, 0.29) is 21.9 Å². The van der Waals surface area contributed by atoms with Crippen molar-refractivity contribution in [1.29, 1.82) is 0 Å². The number of anilines is 1. The highest BCUT2D eigenvalue weighted by molar-refractivity contribution is 7.89. The summed E-state index contributed by atoms with van der Waals surface area (Å²) in [7, 11) is 0.385. The van der Waals surface area contributed by atoms with Crippen LogP contribution in [0.1, 0.15) is 10.4 Å². The van der Waals surface area contributed by atoms with Gasteiger partial charge >= 0.3 is 5.97 Å². The van der Waals surface area contributed by atoms with Crippen LogP contribution in [0.5, 0.6) is 5.75 Å². The van der Waals surface area contributed by atoms with Crippen LogP contribution >= 0.6 is 0 Å². The zero-order chi connectivity index (χ0) is 20.9. The molecule has 2 N–H and O–H groups in total. The average molecular weight is 409 g/mol. The van der Waals surface area contributed by atoms with E-state index in [0.717, 1.165) is 4.31 Å². The number of benzene rings is 1. The summed E-state index contributed by atoms with van der Waals surface area (Å²) >= 11 is 0. The number of carbonyl (C=O) groups is 2. The Balaban J connectivity index is 2.14. The van der Waals surface area contributed by atoms with Gasteiger partial charge < -0.3 is 19.8 Å². The molecule has 2 aromatic rings. The van der Waals surface area contributed by atoms with Crippen LogP contribution in [0.15, 0.2) is 46.2 Å². The Kier molecular flexibility index (Phi) is 6.54. The lowest BCUT2D eigenvalue weighted by Gasteiger charge is -2.15. The average Bonchev–Trinajstić information content (AvgIpc) is 2.66. The second-order valence-electron chi connectivity index (χ2n) is 5.69. The quantitative estimate of drug-likeness (QED) is 0.633. The van der Waals surface area contributed by atoms with E-state index in [4.69, 9.17) is 9.47 Å². The highest BCUT2D eigenvalue weighted by atomic mass is 32.2. The van der Waals surface area contributed by atoms with Gasteiger partial charge in [0.1, 0.15) is 11.3 Å². The second kappa shape index (κ2) is 8.67. The SMILES string of the molecule is COc1ccc(S(=O)(=O)N(C)C)cc1NC(=O)COC(=O)c1ccc[nH]c1=O. The zero-order valence-corrected chi connectivity index (χ0v) is 16.2. The third kappa shape index (κ3) is 4.75. The number of hydrogen-bond donors (Lipinski definition) is 2. The van der Waals surface area contributed by atoms with E-state index < -0.39 is 34.1 Å². The monoisotopic (exact) mass is 409 g/mol. The molecule has 1 amide bonds. The molecule has 11 heteroatoms. The topological polar surface area (TPSA) is 135 Å². The number of methoxy groups -OCH3 is 1. The number of pyridine rings is 1. The molecule has 28 heavy (non-hydrogen) atoms. The molecule has 1 aromatic carbocycles. The summed E-state index contributed by atoms with van der Waals surface area (Å²) in [6.07, 6.45) is 1.35. The lowest BCUT2D eigenvalue weighted by atomic mass is 10.3. The second-order valence-corrected chi connectivity index (χ2v) is 7.84. The number of aromatic amines is 1. The van der Waals surface area contributed by atoms with Crippen LogP contribution in [0.2, 0.25) is 0 Å². The Morgan fingerprint density at radius 2 is 1.93 bits per heavy atom. The molecule has 0 saturated carbocycles. The van der Waals surface area contributed by atoms with Crippen molar-refractivity contribution in [3.8, 4) is 5.75 Å². The normalized spacial score (nSPS) is 11.1. The molecule has 0 atom stereocenters. The number of nitrogens with zero attached hydrogens (tertiary/aromatic N) is 1. The van der Waals surface area contributed by atoms with Crippen LogP contribution in [0.3, 0.4) is 0 Å². The van der Waals surface area contributed by atoms with E-state index in [0.29, 0.717) is 0 Å². The van der Waals surface area contributed by atoms with E-state index >= 15 is 0 Å². The molecule has 2 rings (SSSR count). The van der Waals surface area contributed by atoms with Crippen molar-refractivity contribution in [3.05, 3.63) is 52.4 Å². The first-order valence-corrected chi connectivity index (χ1v) is 9.36. The largest absolute Gasteiger partial charge is 0.495 e. The van der Waals surface area contributed by atoms with Crippen molar-refractivity contribution in [3.63, 3.8) is 0 Å². The third-order valence-electron chi connectivity index (χ3n) is 3.60. The molecule has 1 heterocycles. The number of sulfonamides is 1. The van der Waals surface area contributed by atoms with Gasteiger partial charge in [-0.25, -0.2) is 17.5 Å². The van der Waals surface area contributed by atoms with Gasteiger partial charge in [-0.1, -0.05) is 0 Å². The van der Waals surface area contributed by atoms with Crippen molar-refractivity contribution in [2.75, 3.05) is 33.1 Å². The molecule has 0 spiro atoms. The number of hydrogen-bond acceptors (Lipinski definition) is 7. The van der Waals surface area contributed by atoms with Crippen LogP contribution in [0.4, 0.5) is 5.69 Å². The van der Waals surface area contributed by atoms with E-state index in [9.17, 15) is 22.8 Å². The first-order valence-electron chi connectivity index (χ1n) is 7.92. The molecule has 0 aliphatic carbocycles. The summed E-state index contributed by atoms with van der Waals surface area (Å²) in [5, 5.41) is 2.42. The predicted molar refractivity (Wildman–Crippen MR) is 99.8 cm³/mol. The van der Waals surface area contributed by atoms with Gasteiger partial charge in [0.2, 0.25) is 10.0 Å². The van der Waals surface area contributed by atoms with Crippen molar-refractivity contribution >= 4 is 27.6 Å². The van der Waals surface area contributed by atoms with E-state index in [1.54, 1.807) is 0 Å². The summed E-state index contributed by atoms with van der Waals surface area (Å²) in [6.45, 7) is -0.680. The minimum Gasteiger partial charge on any atom is -0.495 e. The smallest absolute Gasteiger partial charge is 0.344 e. The van der Waals surface area contributed by atoms with Gasteiger partial charge in [0.25, 0.3) is 11.5 Å². The van der Waals surface area contributed by atoms with E-state index in [2.05, 4.69) is 10.3 Å². The number of esters is 1. The summed E-state index contributed by atoms with van der Waals surface area (Å²) in [5.41, 5.74) is -0.799. The fraction of sp³-hybridized carbons (Fsp3) is 0.235. The summed E-state index contributed by atoms with van der Waals surface area (Å²) < 4.78 is 35.4. The fourth-order valence-electron chi connectivity index (χ4n) is 2.13. The standard InChI is InChI=1S/C17H19N3O7S/c1-20(2)28(24,25)11-6-7-14(26-3)13(9-11)19-15(21)10-27-17(23)12-5-4-8-18-16(12)22/h4-9H,10H2,1-3H3,(H,18,22)(H,19,21). The molecule has 1 aromatic heterocycles. The van der Waals surface area contributed by atoms with Crippen LogP contribution in [0.25, 0.3) is 0 Å². The minimum absolute atomic E-state index is 0.0542. The van der Waals surface area contributed by atoms with Gasteiger partial charge in [-0.2, -0.15) is 0 Å². The number of nitrogens with one attached hydrogen (secondary N) is 2. The van der Waals surface area contributed by atoms with Crippen molar-refractivity contribution in [2.45, 2.75) is 4.90 Å². The Labute approximate surface area is 161 Å². The van der Waals surface area contributed by atoms with Crippen molar-refractivity contribution in [2.24, 2.45) is 0 Å². The van der Waals surface area contributed by atoms with Crippen LogP contribution in [-0.4, -0.2) is 57.4 Å². The zero-order valence-electron chi connectivity index (χ0n) is 15.4. The van der Waals surface area contributed by atoms with E-state index in [1.807, 2.05) is 0 Å². The Morgan fingerprint density at radius 3 is 2.54 bits per heavy atom. The number of ether oxygens (including phenoxy) is 2. The molecule has 0 saturated heterocycles. The van der Waals surface area contributed by atoms with Gasteiger partial charge in [-0.05, 0) is 30.3 Å². The van der Waals surface area contributed by atoms with Gasteiger partial charge in [0, 0.05) is 20.3 Å². The highest BCUT2D eigenvalue weighted by Gasteiger charge is 2.20. The summed E-state index contributed by atoms with van der Waals surface area (Å²) in [6, 6.07) is 6.67. The predicted octanol–water partition coefficient (Wildman–Crippen LogP) is 0.429. The van der Waals surface area contributed by atoms with Gasteiger partial charge in [-0.15, -0.1) is 0 Å². The molecule has 0 aliphatic rings. The van der Waals surface area contributed by atoms with E-state index in [1.165, 1.54) is 57.7 Å². The van der Waals surface area contributed by atoms with Gasteiger partial charge in [-0.3, -0.25) is 9.59 Å². The van der Waals surface area contributed by atoms with Crippen LogP contribution in [-0.2, 0) is 19.6 Å². The maximum absolute atomic E-state index is 12.2. The molecular formula is C17H19N3O7S. The van der Waals surface area contributed by atoms with Crippen LogP contribution in [0, 0.1) is 0 Å². The number of rotatable bonds is 7. The minimum atomic E-state index is -3.72. The fourth-order valence-corrected chi connectivity index (χ4v) is 3.06.